The van der Waals surface area contributed by atoms with Crippen LogP contribution in [0, 0.1) is 6.92 Å². The van der Waals surface area contributed by atoms with Crippen LogP contribution in [0.3, 0.4) is 0 Å². The minimum absolute atomic E-state index is 0.211. The van der Waals surface area contributed by atoms with E-state index in [9.17, 15) is 27.6 Å². The number of aromatic nitrogens is 2. The highest BCUT2D eigenvalue weighted by Crippen LogP contribution is 2.25. The third kappa shape index (κ3) is 6.67. The van der Waals surface area contributed by atoms with E-state index in [2.05, 4.69) is 19.8 Å². The van der Waals surface area contributed by atoms with Crippen LogP contribution in [0.2, 0.25) is 0 Å². The minimum atomic E-state index is -4.80. The SMILES string of the molecule is Cc1nc2ccccc2n(Cc2ccc(C(=O)NC(=O)NSc3ccc(OC(F)(F)F)cc3)cc2)c1=O. The van der Waals surface area contributed by atoms with Gasteiger partial charge in [0.05, 0.1) is 17.6 Å². The number of hydrogen-bond donors (Lipinski definition) is 2. The van der Waals surface area contributed by atoms with Crippen molar-refractivity contribution in [2.75, 3.05) is 0 Å². The molecule has 0 aliphatic carbocycles. The summed E-state index contributed by atoms with van der Waals surface area (Å²) >= 11 is 0.811. The first-order chi connectivity index (χ1) is 17.6. The average Bonchev–Trinajstić information content (AvgIpc) is 2.86. The first kappa shape index (κ1) is 25.8. The number of nitrogens with one attached hydrogen (secondary N) is 2. The molecule has 0 saturated carbocycles. The van der Waals surface area contributed by atoms with Crippen molar-refractivity contribution in [3.8, 4) is 5.75 Å². The zero-order valence-electron chi connectivity index (χ0n) is 19.2. The van der Waals surface area contributed by atoms with Crippen LogP contribution < -0.4 is 20.3 Å². The lowest BCUT2D eigenvalue weighted by molar-refractivity contribution is -0.274. The van der Waals surface area contributed by atoms with Crippen LogP contribution in [0.15, 0.2) is 82.5 Å². The van der Waals surface area contributed by atoms with E-state index >= 15 is 0 Å². The lowest BCUT2D eigenvalue weighted by atomic mass is 10.1. The van der Waals surface area contributed by atoms with Gasteiger partial charge in [0.15, 0.2) is 0 Å². The molecule has 1 heterocycles. The molecule has 0 aliphatic heterocycles. The molecule has 4 aromatic rings. The molecule has 0 fully saturated rings. The lowest BCUT2D eigenvalue weighted by Gasteiger charge is -2.12. The fourth-order valence-electron chi connectivity index (χ4n) is 3.44. The summed E-state index contributed by atoms with van der Waals surface area (Å²) in [6.07, 6.45) is -4.80. The third-order valence-corrected chi connectivity index (χ3v) is 5.91. The van der Waals surface area contributed by atoms with E-state index in [1.54, 1.807) is 23.6 Å². The molecule has 0 spiro atoms. The van der Waals surface area contributed by atoms with Crippen molar-refractivity contribution < 1.29 is 27.5 Å². The molecule has 0 unspecified atom stereocenters. The number of imide groups is 1. The van der Waals surface area contributed by atoms with Gasteiger partial charge >= 0.3 is 12.4 Å². The predicted molar refractivity (Wildman–Crippen MR) is 131 cm³/mol. The van der Waals surface area contributed by atoms with Gasteiger partial charge in [-0.3, -0.25) is 19.6 Å². The number of hydrogen-bond acceptors (Lipinski definition) is 6. The normalized spacial score (nSPS) is 11.2. The number of alkyl halides is 3. The summed E-state index contributed by atoms with van der Waals surface area (Å²) in [6.45, 7) is 1.92. The summed E-state index contributed by atoms with van der Waals surface area (Å²) in [5.74, 6) is -1.04. The van der Waals surface area contributed by atoms with Crippen molar-refractivity contribution in [1.82, 2.24) is 19.6 Å². The Morgan fingerprint density at radius 3 is 2.35 bits per heavy atom. The summed E-state index contributed by atoms with van der Waals surface area (Å²) in [4.78, 5) is 41.9. The van der Waals surface area contributed by atoms with Gasteiger partial charge < -0.3 is 9.30 Å². The molecule has 8 nitrogen and oxygen atoms in total. The Bertz CT molecular complexity index is 1500. The standard InChI is InChI=1S/C25H19F3N4O4S/c1-15-23(34)32(21-5-3-2-4-20(21)29-15)14-16-6-8-17(9-7-16)22(33)30-24(35)31-37-19-12-10-18(11-13-19)36-25(26,27)28/h2-13H,14H2,1H3,(H2,30,31,33,35). The summed E-state index contributed by atoms with van der Waals surface area (Å²) < 4.78 is 44.4. The summed E-state index contributed by atoms with van der Waals surface area (Å²) in [7, 11) is 0. The van der Waals surface area contributed by atoms with Crippen LogP contribution in [-0.4, -0.2) is 27.9 Å². The second-order valence-electron chi connectivity index (χ2n) is 7.78. The number of carbonyl (C=O) groups excluding carboxylic acids is 2. The zero-order valence-corrected chi connectivity index (χ0v) is 20.0. The Morgan fingerprint density at radius 2 is 1.68 bits per heavy atom. The second-order valence-corrected chi connectivity index (χ2v) is 8.66. The maximum absolute atomic E-state index is 12.7. The van der Waals surface area contributed by atoms with Crippen molar-refractivity contribution in [2.45, 2.75) is 24.7 Å². The number of aryl methyl sites for hydroxylation is 1. The predicted octanol–water partition coefficient (Wildman–Crippen LogP) is 4.80. The largest absolute Gasteiger partial charge is 0.573 e. The molecule has 0 radical (unpaired) electrons. The van der Waals surface area contributed by atoms with Crippen molar-refractivity contribution in [3.63, 3.8) is 0 Å². The number of carbonyl (C=O) groups is 2. The topological polar surface area (TPSA) is 102 Å². The van der Waals surface area contributed by atoms with Gasteiger partial charge in [-0.1, -0.05) is 24.3 Å². The molecule has 4 rings (SSSR count). The number of ether oxygens (including phenoxy) is 1. The van der Waals surface area contributed by atoms with E-state index in [0.29, 0.717) is 21.6 Å². The number of rotatable bonds is 6. The molecule has 3 amide bonds. The number of para-hydroxylation sites is 2. The molecular formula is C25H19F3N4O4S. The molecule has 0 bridgehead atoms. The molecule has 3 aromatic carbocycles. The van der Waals surface area contributed by atoms with E-state index in [-0.39, 0.29) is 17.7 Å². The average molecular weight is 529 g/mol. The summed E-state index contributed by atoms with van der Waals surface area (Å²) in [6, 6.07) is 17.8. The van der Waals surface area contributed by atoms with Crippen LogP contribution in [0.5, 0.6) is 5.75 Å². The van der Waals surface area contributed by atoms with Gasteiger partial charge in [0.1, 0.15) is 11.4 Å². The highest BCUT2D eigenvalue weighted by Gasteiger charge is 2.31. The van der Waals surface area contributed by atoms with Crippen LogP contribution in [0.1, 0.15) is 21.6 Å². The van der Waals surface area contributed by atoms with Gasteiger partial charge in [0, 0.05) is 10.5 Å². The maximum Gasteiger partial charge on any atom is 0.573 e. The van der Waals surface area contributed by atoms with E-state index in [1.165, 1.54) is 24.3 Å². The van der Waals surface area contributed by atoms with Gasteiger partial charge in [-0.05, 0) is 73.0 Å². The first-order valence-electron chi connectivity index (χ1n) is 10.8. The molecule has 2 N–H and O–H groups in total. The Hall–Kier alpha value is -4.32. The third-order valence-electron chi connectivity index (χ3n) is 5.12. The summed E-state index contributed by atoms with van der Waals surface area (Å²) in [5, 5.41) is 2.17. The Morgan fingerprint density at radius 1 is 1.00 bits per heavy atom. The van der Waals surface area contributed by atoms with E-state index in [0.717, 1.165) is 29.6 Å². The van der Waals surface area contributed by atoms with Crippen molar-refractivity contribution >= 4 is 34.9 Å². The molecular weight excluding hydrogens is 509 g/mol. The highest BCUT2D eigenvalue weighted by molar-refractivity contribution is 7.98. The highest BCUT2D eigenvalue weighted by atomic mass is 32.2. The fourth-order valence-corrected chi connectivity index (χ4v) is 3.97. The fraction of sp³-hybridized carbons (Fsp3) is 0.120. The van der Waals surface area contributed by atoms with Crippen LogP contribution in [0.25, 0.3) is 11.0 Å². The molecule has 0 atom stereocenters. The van der Waals surface area contributed by atoms with E-state index < -0.39 is 24.1 Å². The smallest absolute Gasteiger partial charge is 0.406 e. The zero-order chi connectivity index (χ0) is 26.6. The number of amides is 3. The van der Waals surface area contributed by atoms with Gasteiger partial charge in [-0.2, -0.15) is 0 Å². The second kappa shape index (κ2) is 10.7. The van der Waals surface area contributed by atoms with Gasteiger partial charge in [-0.25, -0.2) is 9.78 Å². The van der Waals surface area contributed by atoms with Gasteiger partial charge in [-0.15, -0.1) is 13.2 Å². The number of halogens is 3. The molecule has 0 saturated heterocycles. The molecule has 37 heavy (non-hydrogen) atoms. The molecule has 190 valence electrons. The Kier molecular flexibility index (Phi) is 7.48. The quantitative estimate of drug-likeness (QED) is 0.349. The van der Waals surface area contributed by atoms with Crippen LogP contribution in [-0.2, 0) is 6.54 Å². The number of fused-ring (bicyclic) bond motifs is 1. The number of urea groups is 1. The van der Waals surface area contributed by atoms with Crippen molar-refractivity contribution in [1.29, 1.82) is 0 Å². The number of nitrogens with zero attached hydrogens (tertiary/aromatic N) is 2. The monoisotopic (exact) mass is 528 g/mol. The van der Waals surface area contributed by atoms with Crippen molar-refractivity contribution in [3.05, 3.63) is 100.0 Å². The Balaban J connectivity index is 1.34. The Labute approximate surface area is 212 Å². The lowest BCUT2D eigenvalue weighted by Crippen LogP contribution is -2.36. The summed E-state index contributed by atoms with van der Waals surface area (Å²) in [5.41, 5.74) is 2.55. The maximum atomic E-state index is 12.7. The van der Waals surface area contributed by atoms with Crippen molar-refractivity contribution in [2.24, 2.45) is 0 Å². The molecule has 1 aromatic heterocycles. The van der Waals surface area contributed by atoms with Gasteiger partial charge in [0.2, 0.25) is 0 Å². The van der Waals surface area contributed by atoms with Gasteiger partial charge in [0.25, 0.3) is 11.5 Å². The minimum Gasteiger partial charge on any atom is -0.406 e. The van der Waals surface area contributed by atoms with E-state index in [1.807, 2.05) is 24.3 Å². The first-order valence-corrected chi connectivity index (χ1v) is 11.6. The molecule has 0 aliphatic rings. The molecule has 12 heteroatoms. The van der Waals surface area contributed by atoms with Crippen LogP contribution >= 0.6 is 11.9 Å². The number of benzene rings is 3. The van der Waals surface area contributed by atoms with Crippen LogP contribution in [0.4, 0.5) is 18.0 Å². The van der Waals surface area contributed by atoms with E-state index in [4.69, 9.17) is 0 Å².